The summed E-state index contributed by atoms with van der Waals surface area (Å²) < 4.78 is 5.28. The lowest BCUT2D eigenvalue weighted by Crippen LogP contribution is -2.36. The molecule has 1 aromatic rings. The topological polar surface area (TPSA) is 49.8 Å². The maximum Gasteiger partial charge on any atom is 0.335 e. The Morgan fingerprint density at radius 2 is 1.82 bits per heavy atom. The number of nitrogens with zero attached hydrogens (tertiary/aromatic N) is 1. The monoisotopic (exact) mass is 233 g/mol. The van der Waals surface area contributed by atoms with E-state index in [0.717, 1.165) is 32.0 Å². The van der Waals surface area contributed by atoms with Gasteiger partial charge in [-0.2, -0.15) is 0 Å². The van der Waals surface area contributed by atoms with Gasteiger partial charge in [0.05, 0.1) is 18.8 Å². The van der Waals surface area contributed by atoms with E-state index in [1.165, 1.54) is 0 Å². The normalized spacial score (nSPS) is 15.6. The highest BCUT2D eigenvalue weighted by molar-refractivity contribution is 6.14. The first-order valence-corrected chi connectivity index (χ1v) is 5.54. The van der Waals surface area contributed by atoms with E-state index in [0.29, 0.717) is 5.56 Å². The number of morpholine rings is 1. The van der Waals surface area contributed by atoms with E-state index in [1.54, 1.807) is 12.1 Å². The molecule has 0 spiro atoms. The summed E-state index contributed by atoms with van der Waals surface area (Å²) in [5, 5.41) is 8.83. The molecule has 1 aliphatic heterocycles. The van der Waals surface area contributed by atoms with Crippen LogP contribution in [0.2, 0.25) is 0 Å². The van der Waals surface area contributed by atoms with E-state index in [9.17, 15) is 4.79 Å². The van der Waals surface area contributed by atoms with Gasteiger partial charge < -0.3 is 14.7 Å². The molecular weight excluding hydrogens is 218 g/mol. The molecule has 1 aliphatic rings. The lowest BCUT2D eigenvalue weighted by atomic mass is 10.1. The summed E-state index contributed by atoms with van der Waals surface area (Å²) in [7, 11) is 0. The molecule has 0 aromatic heterocycles. The standard InChI is InChI=1S/C13H15NO3/c1-10(13(15)16)11-2-4-12(5-3-11)14-6-8-17-9-7-14/h2-5H,1,6-9H2,(H,15,16). The highest BCUT2D eigenvalue weighted by atomic mass is 16.5. The van der Waals surface area contributed by atoms with Crippen LogP contribution in [-0.2, 0) is 9.53 Å². The van der Waals surface area contributed by atoms with Gasteiger partial charge in [-0.05, 0) is 17.7 Å². The van der Waals surface area contributed by atoms with Gasteiger partial charge >= 0.3 is 5.97 Å². The number of hydrogen-bond donors (Lipinski definition) is 1. The largest absolute Gasteiger partial charge is 0.478 e. The number of carboxylic acid groups (broad SMARTS) is 1. The van der Waals surface area contributed by atoms with Gasteiger partial charge in [-0.3, -0.25) is 0 Å². The van der Waals surface area contributed by atoms with Gasteiger partial charge in [0.15, 0.2) is 0 Å². The van der Waals surface area contributed by atoms with Crippen LogP contribution in [0.15, 0.2) is 30.8 Å². The van der Waals surface area contributed by atoms with Gasteiger partial charge in [-0.1, -0.05) is 18.7 Å². The Kier molecular flexibility index (Phi) is 3.44. The van der Waals surface area contributed by atoms with E-state index in [-0.39, 0.29) is 5.57 Å². The lowest BCUT2D eigenvalue weighted by Gasteiger charge is -2.28. The Labute approximate surface area is 100 Å². The third-order valence-electron chi connectivity index (χ3n) is 2.85. The second-order valence-corrected chi connectivity index (χ2v) is 3.93. The van der Waals surface area contributed by atoms with Crippen LogP contribution < -0.4 is 4.90 Å². The summed E-state index contributed by atoms with van der Waals surface area (Å²) in [5.41, 5.74) is 1.86. The first kappa shape index (κ1) is 11.7. The van der Waals surface area contributed by atoms with Crippen LogP contribution in [0.5, 0.6) is 0 Å². The fourth-order valence-electron chi connectivity index (χ4n) is 1.82. The number of ether oxygens (including phenoxy) is 1. The minimum Gasteiger partial charge on any atom is -0.478 e. The van der Waals surface area contributed by atoms with Crippen molar-refractivity contribution in [2.24, 2.45) is 0 Å². The molecule has 0 radical (unpaired) electrons. The third-order valence-corrected chi connectivity index (χ3v) is 2.85. The van der Waals surface area contributed by atoms with Gasteiger partial charge in [0.25, 0.3) is 0 Å². The molecule has 4 nitrogen and oxygen atoms in total. The van der Waals surface area contributed by atoms with Crippen molar-refractivity contribution in [3.05, 3.63) is 36.4 Å². The highest BCUT2D eigenvalue weighted by Gasteiger charge is 2.12. The van der Waals surface area contributed by atoms with Crippen LogP contribution in [-0.4, -0.2) is 37.4 Å². The zero-order valence-corrected chi connectivity index (χ0v) is 9.56. The SMILES string of the molecule is C=C(C(=O)O)c1ccc(N2CCOCC2)cc1. The third kappa shape index (κ3) is 2.65. The van der Waals surface area contributed by atoms with Crippen molar-refractivity contribution in [3.8, 4) is 0 Å². The summed E-state index contributed by atoms with van der Waals surface area (Å²) >= 11 is 0. The summed E-state index contributed by atoms with van der Waals surface area (Å²) in [6.07, 6.45) is 0. The molecule has 0 amide bonds. The van der Waals surface area contributed by atoms with Crippen molar-refractivity contribution in [1.82, 2.24) is 0 Å². The van der Waals surface area contributed by atoms with Crippen molar-refractivity contribution in [3.63, 3.8) is 0 Å². The predicted octanol–water partition coefficient (Wildman–Crippen LogP) is 1.62. The molecule has 0 aliphatic carbocycles. The number of hydrogen-bond acceptors (Lipinski definition) is 3. The number of carbonyl (C=O) groups is 1. The Morgan fingerprint density at radius 3 is 2.35 bits per heavy atom. The van der Waals surface area contributed by atoms with Gasteiger partial charge in [0.1, 0.15) is 0 Å². The summed E-state index contributed by atoms with van der Waals surface area (Å²) in [6, 6.07) is 7.44. The first-order valence-electron chi connectivity index (χ1n) is 5.54. The van der Waals surface area contributed by atoms with Crippen LogP contribution in [0.4, 0.5) is 5.69 Å². The molecule has 2 rings (SSSR count). The highest BCUT2D eigenvalue weighted by Crippen LogP contribution is 2.20. The van der Waals surface area contributed by atoms with Crippen LogP contribution in [0.1, 0.15) is 5.56 Å². The van der Waals surface area contributed by atoms with Crippen LogP contribution in [0.25, 0.3) is 5.57 Å². The molecule has 1 heterocycles. The van der Waals surface area contributed by atoms with Gasteiger partial charge in [-0.25, -0.2) is 4.79 Å². The second-order valence-electron chi connectivity index (χ2n) is 3.93. The fraction of sp³-hybridized carbons (Fsp3) is 0.308. The molecule has 17 heavy (non-hydrogen) atoms. The van der Waals surface area contributed by atoms with E-state index in [2.05, 4.69) is 11.5 Å². The molecule has 0 saturated carbocycles. The zero-order chi connectivity index (χ0) is 12.3. The van der Waals surface area contributed by atoms with Crippen molar-refractivity contribution < 1.29 is 14.6 Å². The van der Waals surface area contributed by atoms with Crippen molar-refractivity contribution in [1.29, 1.82) is 0 Å². The Hall–Kier alpha value is -1.81. The smallest absolute Gasteiger partial charge is 0.335 e. The maximum absolute atomic E-state index is 10.8. The fourth-order valence-corrected chi connectivity index (χ4v) is 1.82. The van der Waals surface area contributed by atoms with Crippen molar-refractivity contribution in [2.75, 3.05) is 31.2 Å². The van der Waals surface area contributed by atoms with Crippen molar-refractivity contribution >= 4 is 17.2 Å². The van der Waals surface area contributed by atoms with Gasteiger partial charge in [-0.15, -0.1) is 0 Å². The quantitative estimate of drug-likeness (QED) is 0.806. The van der Waals surface area contributed by atoms with Gasteiger partial charge in [0, 0.05) is 18.8 Å². The average Bonchev–Trinajstić information content (AvgIpc) is 2.39. The Morgan fingerprint density at radius 1 is 1.24 bits per heavy atom. The summed E-state index contributed by atoms with van der Waals surface area (Å²) in [6.45, 7) is 6.76. The maximum atomic E-state index is 10.8. The molecule has 1 saturated heterocycles. The average molecular weight is 233 g/mol. The number of carboxylic acids is 1. The Balaban J connectivity index is 2.12. The van der Waals surface area contributed by atoms with E-state index in [1.807, 2.05) is 12.1 Å². The minimum absolute atomic E-state index is 0.124. The number of benzene rings is 1. The summed E-state index contributed by atoms with van der Waals surface area (Å²) in [5.74, 6) is -0.982. The van der Waals surface area contributed by atoms with E-state index < -0.39 is 5.97 Å². The molecular formula is C13H15NO3. The number of aliphatic carboxylic acids is 1. The number of rotatable bonds is 3. The van der Waals surface area contributed by atoms with Crippen LogP contribution in [0.3, 0.4) is 0 Å². The molecule has 4 heteroatoms. The number of anilines is 1. The molecule has 1 N–H and O–H groups in total. The Bertz CT molecular complexity index is 419. The summed E-state index contributed by atoms with van der Waals surface area (Å²) in [4.78, 5) is 13.0. The van der Waals surface area contributed by atoms with Crippen molar-refractivity contribution in [2.45, 2.75) is 0 Å². The van der Waals surface area contributed by atoms with E-state index >= 15 is 0 Å². The molecule has 0 bridgehead atoms. The molecule has 90 valence electrons. The first-order chi connectivity index (χ1) is 8.18. The van der Waals surface area contributed by atoms with Crippen LogP contribution in [0, 0.1) is 0 Å². The molecule has 1 fully saturated rings. The lowest BCUT2D eigenvalue weighted by molar-refractivity contribution is -0.130. The molecule has 1 aromatic carbocycles. The predicted molar refractivity (Wildman–Crippen MR) is 66.1 cm³/mol. The second kappa shape index (κ2) is 5.01. The minimum atomic E-state index is -0.982. The molecule has 0 atom stereocenters. The van der Waals surface area contributed by atoms with Gasteiger partial charge in [0.2, 0.25) is 0 Å². The zero-order valence-electron chi connectivity index (χ0n) is 9.56. The molecule has 0 unspecified atom stereocenters. The van der Waals surface area contributed by atoms with Crippen LogP contribution >= 0.6 is 0 Å². The van der Waals surface area contributed by atoms with E-state index in [4.69, 9.17) is 9.84 Å².